The highest BCUT2D eigenvalue weighted by Crippen LogP contribution is 2.22. The Kier molecular flexibility index (Phi) is 4.36. The van der Waals surface area contributed by atoms with Crippen molar-refractivity contribution >= 4 is 27.0 Å². The highest BCUT2D eigenvalue weighted by molar-refractivity contribution is 7.89. The number of thiazole rings is 1. The van der Waals surface area contributed by atoms with Gasteiger partial charge >= 0.3 is 0 Å². The molecule has 0 bridgehead atoms. The zero-order chi connectivity index (χ0) is 14.8. The molecule has 1 aromatic carbocycles. The maximum Gasteiger partial charge on any atom is 0.242 e. The van der Waals surface area contributed by atoms with E-state index < -0.39 is 15.8 Å². The summed E-state index contributed by atoms with van der Waals surface area (Å²) in [4.78, 5) is 3.87. The van der Waals surface area contributed by atoms with Crippen molar-refractivity contribution in [2.24, 2.45) is 0 Å². The van der Waals surface area contributed by atoms with E-state index in [0.717, 1.165) is 11.1 Å². The molecular formula is C12H14FN3O2S2. The molecule has 8 heteroatoms. The number of hydrogen-bond donors (Lipinski definition) is 2. The minimum Gasteiger partial charge on any atom is -0.395 e. The van der Waals surface area contributed by atoms with Crippen LogP contribution in [0, 0.1) is 5.82 Å². The number of para-hydroxylation sites is 1. The van der Waals surface area contributed by atoms with Crippen LogP contribution in [-0.4, -0.2) is 19.9 Å². The first-order chi connectivity index (χ1) is 9.42. The Labute approximate surface area is 120 Å². The average Bonchev–Trinajstić information content (AvgIpc) is 2.93. The predicted molar refractivity (Wildman–Crippen MR) is 76.5 cm³/mol. The lowest BCUT2D eigenvalue weighted by molar-refractivity contribution is 0.572. The van der Waals surface area contributed by atoms with Gasteiger partial charge in [-0.2, -0.15) is 0 Å². The molecule has 108 valence electrons. The normalized spacial score (nSPS) is 13.3. The number of nitrogen functional groups attached to an aromatic ring is 1. The van der Waals surface area contributed by atoms with Crippen molar-refractivity contribution < 1.29 is 12.8 Å². The van der Waals surface area contributed by atoms with Crippen molar-refractivity contribution in [1.29, 1.82) is 0 Å². The number of benzene rings is 1. The van der Waals surface area contributed by atoms with Crippen molar-refractivity contribution in [2.75, 3.05) is 12.3 Å². The topological polar surface area (TPSA) is 85.1 Å². The number of nitrogens with one attached hydrogen (secondary N) is 1. The summed E-state index contributed by atoms with van der Waals surface area (Å²) in [6.07, 6.45) is 1.66. The molecule has 0 aliphatic carbocycles. The fraction of sp³-hybridized carbons (Fsp3) is 0.250. The van der Waals surface area contributed by atoms with Gasteiger partial charge in [-0.3, -0.25) is 0 Å². The molecule has 1 atom stereocenters. The molecule has 1 heterocycles. The summed E-state index contributed by atoms with van der Waals surface area (Å²) < 4.78 is 39.9. The lowest BCUT2D eigenvalue weighted by Crippen LogP contribution is -2.28. The van der Waals surface area contributed by atoms with Crippen molar-refractivity contribution in [3.05, 3.63) is 40.6 Å². The third-order valence-electron chi connectivity index (χ3n) is 2.75. The van der Waals surface area contributed by atoms with Crippen molar-refractivity contribution in [2.45, 2.75) is 17.7 Å². The summed E-state index contributed by atoms with van der Waals surface area (Å²) in [5.74, 6) is -0.819. The standard InChI is InChI=1S/C12H14FN3O2S2/c1-8(12-15-5-6-19-12)7-16-20(17,18)10-4-2-3-9(13)11(10)14/h2-6,8,16H,7,14H2,1H3. The van der Waals surface area contributed by atoms with E-state index in [4.69, 9.17) is 5.73 Å². The number of aromatic nitrogens is 1. The Bertz CT molecular complexity index is 687. The molecular weight excluding hydrogens is 301 g/mol. The second-order valence-electron chi connectivity index (χ2n) is 4.27. The highest BCUT2D eigenvalue weighted by Gasteiger charge is 2.20. The summed E-state index contributed by atoms with van der Waals surface area (Å²) >= 11 is 1.45. The van der Waals surface area contributed by atoms with Gasteiger partial charge in [0.1, 0.15) is 10.7 Å². The van der Waals surface area contributed by atoms with Crippen LogP contribution in [0.25, 0.3) is 0 Å². The van der Waals surface area contributed by atoms with E-state index in [1.54, 1.807) is 6.20 Å². The monoisotopic (exact) mass is 315 g/mol. The Hall–Kier alpha value is -1.51. The third-order valence-corrected chi connectivity index (χ3v) is 5.24. The number of hydrogen-bond acceptors (Lipinski definition) is 5. The molecule has 5 nitrogen and oxygen atoms in total. The summed E-state index contributed by atoms with van der Waals surface area (Å²) in [5, 5.41) is 2.66. The van der Waals surface area contributed by atoms with Crippen molar-refractivity contribution in [3.63, 3.8) is 0 Å². The van der Waals surface area contributed by atoms with Gasteiger partial charge < -0.3 is 5.73 Å². The van der Waals surface area contributed by atoms with Crippen molar-refractivity contribution in [1.82, 2.24) is 9.71 Å². The summed E-state index contributed by atoms with van der Waals surface area (Å²) in [6.45, 7) is 2.03. The van der Waals surface area contributed by atoms with E-state index in [0.29, 0.717) is 0 Å². The van der Waals surface area contributed by atoms with Gasteiger partial charge in [-0.25, -0.2) is 22.5 Å². The number of rotatable bonds is 5. The first kappa shape index (κ1) is 14.9. The number of halogens is 1. The number of nitrogens with zero attached hydrogens (tertiary/aromatic N) is 1. The highest BCUT2D eigenvalue weighted by atomic mass is 32.2. The Morgan fingerprint density at radius 2 is 2.25 bits per heavy atom. The molecule has 1 aromatic heterocycles. The Morgan fingerprint density at radius 3 is 2.90 bits per heavy atom. The van der Waals surface area contributed by atoms with E-state index in [9.17, 15) is 12.8 Å². The molecule has 0 aliphatic heterocycles. The molecule has 0 spiro atoms. The Balaban J connectivity index is 2.14. The second-order valence-corrected chi connectivity index (χ2v) is 6.94. The molecule has 2 aromatic rings. The van der Waals surface area contributed by atoms with E-state index >= 15 is 0 Å². The molecule has 3 N–H and O–H groups in total. The zero-order valence-corrected chi connectivity index (χ0v) is 12.3. The van der Waals surface area contributed by atoms with E-state index in [1.807, 2.05) is 12.3 Å². The lowest BCUT2D eigenvalue weighted by atomic mass is 10.2. The van der Waals surface area contributed by atoms with Crippen LogP contribution in [0.1, 0.15) is 17.8 Å². The fourth-order valence-corrected chi connectivity index (χ4v) is 3.60. The second kappa shape index (κ2) is 5.86. The van der Waals surface area contributed by atoms with Crippen LogP contribution in [0.5, 0.6) is 0 Å². The minimum absolute atomic E-state index is 0.0699. The molecule has 0 radical (unpaired) electrons. The summed E-state index contributed by atoms with van der Waals surface area (Å²) in [6, 6.07) is 3.70. The van der Waals surface area contributed by atoms with Crippen LogP contribution >= 0.6 is 11.3 Å². The average molecular weight is 315 g/mol. The predicted octanol–water partition coefficient (Wildman–Crippen LogP) is 1.95. The molecule has 0 aliphatic rings. The van der Waals surface area contributed by atoms with Gasteiger partial charge in [0.2, 0.25) is 10.0 Å². The van der Waals surface area contributed by atoms with Crippen LogP contribution in [0.3, 0.4) is 0 Å². The van der Waals surface area contributed by atoms with E-state index in [2.05, 4.69) is 9.71 Å². The maximum atomic E-state index is 13.3. The first-order valence-electron chi connectivity index (χ1n) is 5.85. The van der Waals surface area contributed by atoms with E-state index in [1.165, 1.54) is 23.5 Å². The minimum atomic E-state index is -3.84. The van der Waals surface area contributed by atoms with Gasteiger partial charge in [0.05, 0.1) is 10.7 Å². The number of sulfonamides is 1. The maximum absolute atomic E-state index is 13.3. The van der Waals surface area contributed by atoms with Gasteiger partial charge in [0, 0.05) is 24.0 Å². The summed E-state index contributed by atoms with van der Waals surface area (Å²) in [7, 11) is -3.84. The zero-order valence-electron chi connectivity index (χ0n) is 10.7. The Morgan fingerprint density at radius 1 is 1.50 bits per heavy atom. The van der Waals surface area contributed by atoms with Crippen LogP contribution in [0.2, 0.25) is 0 Å². The molecule has 20 heavy (non-hydrogen) atoms. The molecule has 0 fully saturated rings. The van der Waals surface area contributed by atoms with Crippen LogP contribution in [0.15, 0.2) is 34.7 Å². The van der Waals surface area contributed by atoms with Crippen LogP contribution < -0.4 is 10.5 Å². The largest absolute Gasteiger partial charge is 0.395 e. The molecule has 0 amide bonds. The van der Waals surface area contributed by atoms with Crippen LogP contribution in [0.4, 0.5) is 10.1 Å². The molecule has 0 saturated carbocycles. The lowest BCUT2D eigenvalue weighted by Gasteiger charge is -2.12. The molecule has 0 saturated heterocycles. The van der Waals surface area contributed by atoms with E-state index in [-0.39, 0.29) is 23.0 Å². The quantitative estimate of drug-likeness (QED) is 0.826. The fourth-order valence-electron chi connectivity index (χ4n) is 1.63. The van der Waals surface area contributed by atoms with Gasteiger partial charge in [-0.05, 0) is 12.1 Å². The van der Waals surface area contributed by atoms with Crippen molar-refractivity contribution in [3.8, 4) is 0 Å². The first-order valence-corrected chi connectivity index (χ1v) is 8.21. The SMILES string of the molecule is CC(CNS(=O)(=O)c1cccc(F)c1N)c1nccs1. The summed E-state index contributed by atoms with van der Waals surface area (Å²) in [5.41, 5.74) is 5.09. The molecule has 1 unspecified atom stereocenters. The molecule has 2 rings (SSSR count). The number of nitrogens with two attached hydrogens (primary N) is 1. The van der Waals surface area contributed by atoms with Gasteiger partial charge in [0.25, 0.3) is 0 Å². The van der Waals surface area contributed by atoms with Gasteiger partial charge in [0.15, 0.2) is 0 Å². The third kappa shape index (κ3) is 3.14. The smallest absolute Gasteiger partial charge is 0.242 e. The van der Waals surface area contributed by atoms with Crippen LogP contribution in [-0.2, 0) is 10.0 Å². The van der Waals surface area contributed by atoms with Gasteiger partial charge in [-0.1, -0.05) is 13.0 Å². The number of anilines is 1. The van der Waals surface area contributed by atoms with Gasteiger partial charge in [-0.15, -0.1) is 11.3 Å².